The molecule has 3 amide bonds. The third-order valence-corrected chi connectivity index (χ3v) is 18.7. The van der Waals surface area contributed by atoms with E-state index in [4.69, 9.17) is 42.2 Å². The van der Waals surface area contributed by atoms with Crippen molar-refractivity contribution in [3.05, 3.63) is 171 Å². The van der Waals surface area contributed by atoms with Gasteiger partial charge in [-0.15, -0.1) is 0 Å². The molecule has 2 aliphatic heterocycles. The molecule has 0 saturated carbocycles. The number of nitriles is 2. The van der Waals surface area contributed by atoms with Gasteiger partial charge in [0.25, 0.3) is 11.8 Å². The van der Waals surface area contributed by atoms with Crippen LogP contribution in [-0.4, -0.2) is 147 Å². The average molecular weight is 1660 g/mol. The first-order valence-corrected chi connectivity index (χ1v) is 41.3. The van der Waals surface area contributed by atoms with Crippen LogP contribution in [0.5, 0.6) is 0 Å². The SMILES string of the molecule is CCN(CC)c1ccc2c(-c3ccccc3C(=O)N(C)CCCCOPOCCC#N)c3ccc(=[N+](CC)CC)cc-3oc2c1.CCN(CC)c1ccc2c(-c3ccccc3C(=O)N(C)CCOC(=O)NCCCCCCOPOCCC#N)c3ccc(=[N+](CC)CC)cc-3oc2c1.[CH2-]CC.[CH2-]CC.[CH2-]CC.[CH2-]CC.[Ni+2].[Ni+2]. The van der Waals surface area contributed by atoms with Gasteiger partial charge in [-0.1, -0.05) is 76.9 Å². The van der Waals surface area contributed by atoms with Crippen LogP contribution >= 0.6 is 18.1 Å². The number of benzene rings is 6. The summed E-state index contributed by atoms with van der Waals surface area (Å²) in [6, 6.07) is 45.1. The van der Waals surface area contributed by atoms with Crippen molar-refractivity contribution in [2.45, 2.75) is 160 Å². The van der Waals surface area contributed by atoms with E-state index in [9.17, 15) is 14.4 Å². The summed E-state index contributed by atoms with van der Waals surface area (Å²) < 4.78 is 44.7. The van der Waals surface area contributed by atoms with Crippen LogP contribution in [0.2, 0.25) is 0 Å². The number of hydrogen-bond donors (Lipinski definition) is 1. The van der Waals surface area contributed by atoms with Gasteiger partial charge >= 0.3 is 39.1 Å². The number of amides is 3. The van der Waals surface area contributed by atoms with E-state index in [-0.39, 0.29) is 76.0 Å². The second-order valence-corrected chi connectivity index (χ2v) is 27.0. The quantitative estimate of drug-likeness (QED) is 0.00962. The summed E-state index contributed by atoms with van der Waals surface area (Å²) in [5, 5.41) is 24.0. The van der Waals surface area contributed by atoms with Gasteiger partial charge < -0.3 is 84.3 Å². The summed E-state index contributed by atoms with van der Waals surface area (Å²) in [4.78, 5) is 48.3. The van der Waals surface area contributed by atoms with Crippen molar-refractivity contribution in [2.75, 3.05) is 129 Å². The van der Waals surface area contributed by atoms with E-state index in [1.807, 2.05) is 95.4 Å². The normalized spacial score (nSPS) is 10.5. The molecule has 2 heterocycles. The van der Waals surface area contributed by atoms with Crippen LogP contribution in [0.3, 0.4) is 0 Å². The topological polar surface area (TPSA) is 202 Å². The summed E-state index contributed by atoms with van der Waals surface area (Å²) in [6.45, 7) is 49.7. The molecule has 0 fully saturated rings. The molecule has 618 valence electrons. The largest absolute Gasteiger partial charge is 2.00 e. The second kappa shape index (κ2) is 61.2. The summed E-state index contributed by atoms with van der Waals surface area (Å²) in [5.74, 6) is 1.37. The number of fused-ring (bicyclic) bond motifs is 4. The molecule has 0 aromatic heterocycles. The number of unbranched alkanes of at least 4 members (excludes halogenated alkanes) is 4. The molecule has 23 heteroatoms. The fourth-order valence-electron chi connectivity index (χ4n) is 12.0. The van der Waals surface area contributed by atoms with E-state index in [0.717, 1.165) is 205 Å². The van der Waals surface area contributed by atoms with Crippen LogP contribution in [0, 0.1) is 50.4 Å². The molecule has 0 spiro atoms. The molecular formula is C89H129N9Ni2O10P2+2. The summed E-state index contributed by atoms with van der Waals surface area (Å²) in [5.41, 5.74) is 10.5. The Labute approximate surface area is 695 Å². The molecule has 4 aromatic carbocycles. The van der Waals surface area contributed by atoms with Gasteiger partial charge in [0.1, 0.15) is 55.5 Å². The van der Waals surface area contributed by atoms with E-state index in [1.54, 1.807) is 16.8 Å². The third-order valence-electron chi connectivity index (χ3n) is 17.4. The fourth-order valence-corrected chi connectivity index (χ4v) is 13.0. The molecular weight excluding hydrogens is 1530 g/mol. The Balaban J connectivity index is 0.000000974. The minimum absolute atomic E-state index is 0. The molecule has 2 aliphatic carbocycles. The van der Waals surface area contributed by atoms with E-state index in [2.05, 4.69) is 180 Å². The second-order valence-electron chi connectivity index (χ2n) is 25.5. The Morgan fingerprint density at radius 2 is 0.830 bits per heavy atom. The molecule has 1 N–H and O–H groups in total. The first-order valence-electron chi connectivity index (χ1n) is 39.6. The van der Waals surface area contributed by atoms with Crippen LogP contribution in [0.25, 0.3) is 66.8 Å². The zero-order valence-electron chi connectivity index (χ0n) is 69.5. The van der Waals surface area contributed by atoms with Gasteiger partial charge in [-0.2, -0.15) is 36.2 Å². The molecule has 112 heavy (non-hydrogen) atoms. The van der Waals surface area contributed by atoms with Crippen molar-refractivity contribution in [3.8, 4) is 57.0 Å². The number of nitrogens with one attached hydrogen (secondary N) is 1. The molecule has 19 nitrogen and oxygen atoms in total. The number of hydrogen-bond acceptors (Lipinski definition) is 14. The minimum Gasteiger partial charge on any atom is -0.456 e. The Morgan fingerprint density at radius 1 is 0.455 bits per heavy atom. The summed E-state index contributed by atoms with van der Waals surface area (Å²) in [7, 11) is 3.49. The number of anilines is 2. The van der Waals surface area contributed by atoms with Crippen LogP contribution in [-0.2, 0) is 55.8 Å². The molecule has 4 aromatic rings. The standard InChI is InChI=1S/C41H54N5O6P.C36H46N4O4P.4C3H7.2Ni/c1-6-45(7-2)31-19-21-35-37(29-31)52-38-30-32(46(8-3)9-4)20-22-36(38)39(35)33-17-12-13-18-34(33)40(47)44(5)25-28-49-41(48)43-24-14-10-11-15-26-50-53-51-27-16-23-42;1-6-39(7-2)27-17-19-31-33(25-27)44-34-26-28(40(8-3)9-4)18-20-32(34)35(31)29-15-10-11-16-30(29)36(41)38(5)22-12-13-23-42-45-43-24-14-21-37;4*1-3-2;;/h12-13,17-22,29-30,53H,6-11,14-16,24-28H2,1-5H3;10-11,15-20,25-26,45H,6-9,12-14,22-24H2,1-5H3;4*1,3H2,2H3;;/q;+1;4*-1;2*+2/p+1. The van der Waals surface area contributed by atoms with Crippen molar-refractivity contribution >= 4 is 69.3 Å². The predicted molar refractivity (Wildman–Crippen MR) is 461 cm³/mol. The fraction of sp³-hybridized carbons (Fsp3) is 0.472. The van der Waals surface area contributed by atoms with Gasteiger partial charge in [-0.05, 0) is 141 Å². The molecule has 0 saturated heterocycles. The Morgan fingerprint density at radius 3 is 1.22 bits per heavy atom. The summed E-state index contributed by atoms with van der Waals surface area (Å²) >= 11 is 0. The molecule has 8 rings (SSSR count). The summed E-state index contributed by atoms with van der Waals surface area (Å²) in [6.07, 6.45) is 9.52. The first-order chi connectivity index (χ1) is 53.5. The number of likely N-dealkylation sites (N-methyl/N-ethyl adjacent to an activating group) is 1. The number of alkyl carbamates (subject to hydrolysis) is 1. The van der Waals surface area contributed by atoms with Gasteiger partial charge in [0.15, 0.2) is 18.1 Å². The van der Waals surface area contributed by atoms with Gasteiger partial charge in [0.2, 0.25) is 10.7 Å². The van der Waals surface area contributed by atoms with Crippen LogP contribution in [0.1, 0.15) is 181 Å². The van der Waals surface area contributed by atoms with Gasteiger partial charge in [0, 0.05) is 133 Å². The van der Waals surface area contributed by atoms with E-state index in [1.165, 1.54) is 0 Å². The first kappa shape index (κ1) is 103. The van der Waals surface area contributed by atoms with Crippen LogP contribution < -0.4 is 35.0 Å². The van der Waals surface area contributed by atoms with Crippen LogP contribution in [0.15, 0.2) is 130 Å². The number of carbonyl (C=O) groups is 3. The smallest absolute Gasteiger partial charge is 0.456 e. The third kappa shape index (κ3) is 33.7. The zero-order chi connectivity index (χ0) is 81.0. The van der Waals surface area contributed by atoms with Crippen molar-refractivity contribution in [1.29, 1.82) is 10.5 Å². The van der Waals surface area contributed by atoms with E-state index < -0.39 is 6.09 Å². The Bertz CT molecular complexity index is 4110. The number of nitrogens with zero attached hydrogens (tertiary/aromatic N) is 8. The van der Waals surface area contributed by atoms with Crippen molar-refractivity contribution in [3.63, 3.8) is 0 Å². The molecule has 2 atom stereocenters. The van der Waals surface area contributed by atoms with Gasteiger partial charge in [-0.3, -0.25) is 9.59 Å². The number of carbonyl (C=O) groups excluding carboxylic acids is 3. The van der Waals surface area contributed by atoms with Gasteiger partial charge in [-0.25, -0.2) is 13.9 Å². The van der Waals surface area contributed by atoms with Crippen molar-refractivity contribution in [2.24, 2.45) is 0 Å². The average Bonchev–Trinajstić information content (AvgIpc) is 0.751. The van der Waals surface area contributed by atoms with Gasteiger partial charge in [0.05, 0.1) is 70.1 Å². The monoisotopic (exact) mass is 1660 g/mol. The maximum Gasteiger partial charge on any atom is 2.00 e. The Hall–Kier alpha value is -7.26. The predicted octanol–water partition coefficient (Wildman–Crippen LogP) is 19.8. The molecule has 4 aliphatic rings. The number of rotatable bonds is 37. The molecule has 0 radical (unpaired) electrons. The van der Waals surface area contributed by atoms with Crippen molar-refractivity contribution in [1.82, 2.24) is 24.3 Å². The van der Waals surface area contributed by atoms with Crippen molar-refractivity contribution < 1.29 is 79.0 Å². The Kier molecular flexibility index (Phi) is 56.2. The molecule has 0 bridgehead atoms. The van der Waals surface area contributed by atoms with E-state index in [0.29, 0.717) is 63.5 Å². The minimum atomic E-state index is -0.496. The van der Waals surface area contributed by atoms with Crippen LogP contribution in [0.4, 0.5) is 16.2 Å². The molecule has 2 unspecified atom stereocenters. The maximum absolute atomic E-state index is 14.0. The number of ether oxygens (including phenoxy) is 1. The van der Waals surface area contributed by atoms with E-state index >= 15 is 0 Å². The zero-order valence-corrected chi connectivity index (χ0v) is 73.4. The maximum atomic E-state index is 14.0.